The molecule has 17 heavy (non-hydrogen) atoms. The summed E-state index contributed by atoms with van der Waals surface area (Å²) in [4.78, 5) is 19.5. The molecule has 1 amide bonds. The maximum absolute atomic E-state index is 11.8. The quantitative estimate of drug-likeness (QED) is 0.915. The molecule has 2 heterocycles. The van der Waals surface area contributed by atoms with Crippen LogP contribution in [0.3, 0.4) is 0 Å². The Morgan fingerprint density at radius 3 is 3.12 bits per heavy atom. The van der Waals surface area contributed by atoms with E-state index in [1.165, 1.54) is 37.4 Å². The Hall–Kier alpha value is -0.810. The van der Waals surface area contributed by atoms with Gasteiger partial charge >= 0.3 is 0 Å². The first-order valence-corrected chi connectivity index (χ1v) is 7.06. The monoisotopic (exact) mass is 271 g/mol. The molecule has 1 atom stereocenters. The zero-order valence-corrected chi connectivity index (χ0v) is 10.9. The second-order valence-corrected chi connectivity index (χ2v) is 5.72. The summed E-state index contributed by atoms with van der Waals surface area (Å²) in [6.07, 6.45) is 6.55. The molecule has 1 aliphatic rings. The van der Waals surface area contributed by atoms with E-state index in [1.54, 1.807) is 0 Å². The molecule has 0 radical (unpaired) electrons. The number of carbonyl (C=O) groups excluding carboxylic acids is 1. The Balaban J connectivity index is 1.84. The van der Waals surface area contributed by atoms with Gasteiger partial charge in [-0.15, -0.1) is 0 Å². The lowest BCUT2D eigenvalue weighted by Gasteiger charge is -2.21. The van der Waals surface area contributed by atoms with E-state index in [0.29, 0.717) is 11.8 Å². The minimum atomic E-state index is -0.203. The average molecular weight is 272 g/mol. The fourth-order valence-corrected chi connectivity index (χ4v) is 3.10. The van der Waals surface area contributed by atoms with E-state index in [1.807, 2.05) is 11.8 Å². The highest BCUT2D eigenvalue weighted by Gasteiger charge is 2.15. The van der Waals surface area contributed by atoms with E-state index in [9.17, 15) is 4.79 Å². The van der Waals surface area contributed by atoms with Crippen LogP contribution in [-0.2, 0) is 0 Å². The van der Waals surface area contributed by atoms with Crippen molar-refractivity contribution in [1.82, 2.24) is 15.3 Å². The minimum Gasteiger partial charge on any atom is -0.350 e. The summed E-state index contributed by atoms with van der Waals surface area (Å²) >= 11 is 7.61. The van der Waals surface area contributed by atoms with Crippen LogP contribution in [0.15, 0.2) is 12.4 Å². The fourth-order valence-electron chi connectivity index (χ4n) is 1.72. The molecule has 0 spiro atoms. The number of nitrogens with one attached hydrogen (secondary N) is 1. The number of rotatable bonds is 3. The van der Waals surface area contributed by atoms with Crippen LogP contribution in [0.5, 0.6) is 0 Å². The summed E-state index contributed by atoms with van der Waals surface area (Å²) in [5.74, 6) is 0.989. The zero-order valence-electron chi connectivity index (χ0n) is 9.36. The van der Waals surface area contributed by atoms with Crippen molar-refractivity contribution in [2.75, 3.05) is 12.3 Å². The predicted octanol–water partition coefficient (Wildman–Crippen LogP) is 2.15. The Kier molecular flexibility index (Phi) is 4.62. The van der Waals surface area contributed by atoms with Crippen LogP contribution in [0.2, 0.25) is 5.15 Å². The summed E-state index contributed by atoms with van der Waals surface area (Å²) in [5, 5.41) is 3.64. The summed E-state index contributed by atoms with van der Waals surface area (Å²) in [5.41, 5.74) is 0.276. The molecule has 92 valence electrons. The largest absolute Gasteiger partial charge is 0.350 e. The normalized spacial score (nSPS) is 19.9. The molecular formula is C11H14ClN3OS. The van der Waals surface area contributed by atoms with Gasteiger partial charge in [-0.3, -0.25) is 9.78 Å². The third-order valence-electron chi connectivity index (χ3n) is 2.60. The molecule has 1 aromatic rings. The van der Waals surface area contributed by atoms with Crippen molar-refractivity contribution in [2.24, 2.45) is 0 Å². The Labute approximate surface area is 110 Å². The summed E-state index contributed by atoms with van der Waals surface area (Å²) in [6.45, 7) is 0.692. The molecule has 2 rings (SSSR count). The molecule has 0 aliphatic carbocycles. The molecule has 0 bridgehead atoms. The van der Waals surface area contributed by atoms with E-state index >= 15 is 0 Å². The number of amides is 1. The standard InChI is InChI=1S/C11H14ClN3OS/c12-10-7-13-6-9(15-10)11(16)14-5-8-3-1-2-4-17-8/h6-8H,1-5H2,(H,14,16). The predicted molar refractivity (Wildman–Crippen MR) is 69.5 cm³/mol. The minimum absolute atomic E-state index is 0.203. The second kappa shape index (κ2) is 6.21. The molecule has 1 fully saturated rings. The third kappa shape index (κ3) is 3.85. The SMILES string of the molecule is O=C(NCC1CCCCS1)c1cncc(Cl)n1. The van der Waals surface area contributed by atoms with Gasteiger partial charge in [0.05, 0.1) is 12.4 Å². The Morgan fingerprint density at radius 2 is 2.41 bits per heavy atom. The van der Waals surface area contributed by atoms with Gasteiger partial charge in [-0.25, -0.2) is 4.98 Å². The molecule has 6 heteroatoms. The lowest BCUT2D eigenvalue weighted by molar-refractivity contribution is 0.0948. The highest BCUT2D eigenvalue weighted by Crippen LogP contribution is 2.24. The lowest BCUT2D eigenvalue weighted by atomic mass is 10.2. The van der Waals surface area contributed by atoms with E-state index < -0.39 is 0 Å². The Bertz CT molecular complexity index is 396. The van der Waals surface area contributed by atoms with Gasteiger partial charge in [-0.2, -0.15) is 11.8 Å². The molecule has 1 saturated heterocycles. The first kappa shape index (κ1) is 12.6. The van der Waals surface area contributed by atoms with Crippen LogP contribution < -0.4 is 5.32 Å². The van der Waals surface area contributed by atoms with Crippen molar-refractivity contribution in [1.29, 1.82) is 0 Å². The number of hydrogen-bond acceptors (Lipinski definition) is 4. The van der Waals surface area contributed by atoms with Crippen LogP contribution in [0, 0.1) is 0 Å². The van der Waals surface area contributed by atoms with Gasteiger partial charge in [0.15, 0.2) is 0 Å². The number of thioether (sulfide) groups is 1. The van der Waals surface area contributed by atoms with Gasteiger partial charge in [0, 0.05) is 11.8 Å². The van der Waals surface area contributed by atoms with Crippen molar-refractivity contribution in [2.45, 2.75) is 24.5 Å². The molecular weight excluding hydrogens is 258 g/mol. The fraction of sp³-hybridized carbons (Fsp3) is 0.545. The first-order valence-electron chi connectivity index (χ1n) is 5.63. The first-order chi connectivity index (χ1) is 8.25. The molecule has 0 aromatic carbocycles. The number of aromatic nitrogens is 2. The topological polar surface area (TPSA) is 54.9 Å². The Morgan fingerprint density at radius 1 is 1.53 bits per heavy atom. The van der Waals surface area contributed by atoms with E-state index in [2.05, 4.69) is 15.3 Å². The van der Waals surface area contributed by atoms with Crippen LogP contribution in [0.25, 0.3) is 0 Å². The second-order valence-electron chi connectivity index (χ2n) is 3.93. The van der Waals surface area contributed by atoms with Gasteiger partial charge in [0.25, 0.3) is 5.91 Å². The summed E-state index contributed by atoms with van der Waals surface area (Å²) < 4.78 is 0. The molecule has 4 nitrogen and oxygen atoms in total. The van der Waals surface area contributed by atoms with Crippen molar-refractivity contribution in [3.63, 3.8) is 0 Å². The number of nitrogens with zero attached hydrogens (tertiary/aromatic N) is 2. The van der Waals surface area contributed by atoms with E-state index in [0.717, 1.165) is 0 Å². The molecule has 1 aromatic heterocycles. The van der Waals surface area contributed by atoms with E-state index in [-0.39, 0.29) is 16.8 Å². The lowest BCUT2D eigenvalue weighted by Crippen LogP contribution is -2.32. The smallest absolute Gasteiger partial charge is 0.271 e. The van der Waals surface area contributed by atoms with Gasteiger partial charge < -0.3 is 5.32 Å². The van der Waals surface area contributed by atoms with Crippen molar-refractivity contribution < 1.29 is 4.79 Å². The van der Waals surface area contributed by atoms with Crippen molar-refractivity contribution in [3.8, 4) is 0 Å². The van der Waals surface area contributed by atoms with E-state index in [4.69, 9.17) is 11.6 Å². The average Bonchev–Trinajstić information content (AvgIpc) is 2.37. The number of carbonyl (C=O) groups is 1. The van der Waals surface area contributed by atoms with Gasteiger partial charge in [0.1, 0.15) is 10.8 Å². The van der Waals surface area contributed by atoms with Gasteiger partial charge in [0.2, 0.25) is 0 Å². The van der Waals surface area contributed by atoms with Crippen LogP contribution in [0.1, 0.15) is 29.8 Å². The van der Waals surface area contributed by atoms with Gasteiger partial charge in [-0.05, 0) is 18.6 Å². The van der Waals surface area contributed by atoms with Crippen LogP contribution in [0.4, 0.5) is 0 Å². The van der Waals surface area contributed by atoms with Gasteiger partial charge in [-0.1, -0.05) is 18.0 Å². The highest BCUT2D eigenvalue weighted by atomic mass is 35.5. The molecule has 1 unspecified atom stereocenters. The zero-order chi connectivity index (χ0) is 12.1. The van der Waals surface area contributed by atoms with Crippen LogP contribution in [-0.4, -0.2) is 33.4 Å². The maximum Gasteiger partial charge on any atom is 0.271 e. The summed E-state index contributed by atoms with van der Waals surface area (Å²) in [7, 11) is 0. The van der Waals surface area contributed by atoms with Crippen LogP contribution >= 0.6 is 23.4 Å². The molecule has 0 saturated carbocycles. The van der Waals surface area contributed by atoms with Crippen molar-refractivity contribution in [3.05, 3.63) is 23.2 Å². The third-order valence-corrected chi connectivity index (χ3v) is 4.18. The highest BCUT2D eigenvalue weighted by molar-refractivity contribution is 7.99. The molecule has 1 aliphatic heterocycles. The van der Waals surface area contributed by atoms with Crippen molar-refractivity contribution >= 4 is 29.3 Å². The summed E-state index contributed by atoms with van der Waals surface area (Å²) in [6, 6.07) is 0. The molecule has 1 N–H and O–H groups in total. The number of halogens is 1. The number of hydrogen-bond donors (Lipinski definition) is 1. The maximum atomic E-state index is 11.8.